The van der Waals surface area contributed by atoms with Gasteiger partial charge in [0.25, 0.3) is 0 Å². The lowest BCUT2D eigenvalue weighted by Crippen LogP contribution is -2.37. The summed E-state index contributed by atoms with van der Waals surface area (Å²) < 4.78 is 24.6. The maximum Gasteiger partial charge on any atom is 0.240 e. The minimum Gasteiger partial charge on any atom is -0.351 e. The van der Waals surface area contributed by atoms with Crippen LogP contribution >= 0.6 is 11.6 Å². The molecule has 1 aromatic carbocycles. The van der Waals surface area contributed by atoms with Gasteiger partial charge in [0.1, 0.15) is 6.54 Å². The molecule has 0 radical (unpaired) electrons. The molecule has 112 valence electrons. The molecule has 5 nitrogen and oxygen atoms in total. The first kappa shape index (κ1) is 14.4. The van der Waals surface area contributed by atoms with E-state index in [9.17, 15) is 13.2 Å². The number of nitrogens with zero attached hydrogens (tertiary/aromatic N) is 1. The zero-order valence-electron chi connectivity index (χ0n) is 11.3. The molecule has 3 rings (SSSR count). The molecule has 1 aliphatic heterocycles. The highest BCUT2D eigenvalue weighted by molar-refractivity contribution is 7.91. The fourth-order valence-electron chi connectivity index (χ4n) is 2.66. The number of hydrogen-bond donors (Lipinski definition) is 1. The van der Waals surface area contributed by atoms with Crippen LogP contribution in [-0.4, -0.2) is 36.4 Å². The highest BCUT2D eigenvalue weighted by atomic mass is 35.5. The van der Waals surface area contributed by atoms with E-state index in [1.807, 2.05) is 24.4 Å². The predicted molar refractivity (Wildman–Crippen MR) is 82.1 cm³/mol. The largest absolute Gasteiger partial charge is 0.351 e. The van der Waals surface area contributed by atoms with E-state index < -0.39 is 9.84 Å². The minimum atomic E-state index is -2.98. The predicted octanol–water partition coefficient (Wildman–Crippen LogP) is 1.60. The van der Waals surface area contributed by atoms with Gasteiger partial charge in [-0.15, -0.1) is 0 Å². The van der Waals surface area contributed by atoms with Crippen molar-refractivity contribution in [3.8, 4) is 0 Å². The van der Waals surface area contributed by atoms with E-state index in [4.69, 9.17) is 11.6 Å². The van der Waals surface area contributed by atoms with Crippen LogP contribution in [0, 0.1) is 0 Å². The molecule has 1 aromatic heterocycles. The van der Waals surface area contributed by atoms with Gasteiger partial charge in [0.15, 0.2) is 9.84 Å². The number of amides is 1. The van der Waals surface area contributed by atoms with Crippen LogP contribution in [0.5, 0.6) is 0 Å². The molecule has 7 heteroatoms. The normalized spacial score (nSPS) is 20.7. The molecule has 0 bridgehead atoms. The van der Waals surface area contributed by atoms with Crippen molar-refractivity contribution in [3.63, 3.8) is 0 Å². The Morgan fingerprint density at radius 1 is 1.38 bits per heavy atom. The van der Waals surface area contributed by atoms with Crippen LogP contribution in [0.25, 0.3) is 10.9 Å². The Balaban J connectivity index is 1.71. The van der Waals surface area contributed by atoms with Crippen molar-refractivity contribution in [2.75, 3.05) is 11.5 Å². The van der Waals surface area contributed by atoms with Crippen LogP contribution in [0.15, 0.2) is 30.5 Å². The van der Waals surface area contributed by atoms with Crippen LogP contribution in [0.3, 0.4) is 0 Å². The second-order valence-electron chi connectivity index (χ2n) is 5.28. The van der Waals surface area contributed by atoms with Crippen LogP contribution in [0.4, 0.5) is 0 Å². The zero-order valence-corrected chi connectivity index (χ0v) is 12.8. The third-order valence-corrected chi connectivity index (χ3v) is 5.77. The maximum atomic E-state index is 12.0. The fraction of sp³-hybridized carbons (Fsp3) is 0.357. The third kappa shape index (κ3) is 3.06. The molecule has 21 heavy (non-hydrogen) atoms. The third-order valence-electron chi connectivity index (χ3n) is 3.67. The van der Waals surface area contributed by atoms with Crippen molar-refractivity contribution in [1.82, 2.24) is 9.88 Å². The smallest absolute Gasteiger partial charge is 0.240 e. The van der Waals surface area contributed by atoms with Crippen LogP contribution in [0.1, 0.15) is 6.42 Å². The van der Waals surface area contributed by atoms with E-state index in [0.29, 0.717) is 11.4 Å². The number of nitrogens with one attached hydrogen (secondary N) is 1. The van der Waals surface area contributed by atoms with E-state index in [-0.39, 0.29) is 30.0 Å². The Hall–Kier alpha value is -1.53. The minimum absolute atomic E-state index is 0.0387. The summed E-state index contributed by atoms with van der Waals surface area (Å²) in [4.78, 5) is 12.0. The highest BCUT2D eigenvalue weighted by Gasteiger charge is 2.28. The average molecular weight is 327 g/mol. The van der Waals surface area contributed by atoms with Crippen molar-refractivity contribution in [1.29, 1.82) is 0 Å². The number of hydrogen-bond acceptors (Lipinski definition) is 3. The summed E-state index contributed by atoms with van der Waals surface area (Å²) >= 11 is 6.10. The Morgan fingerprint density at radius 3 is 2.90 bits per heavy atom. The molecule has 2 heterocycles. The van der Waals surface area contributed by atoms with Crippen LogP contribution in [-0.2, 0) is 21.2 Å². The van der Waals surface area contributed by atoms with E-state index in [1.54, 1.807) is 10.6 Å². The van der Waals surface area contributed by atoms with Crippen LogP contribution in [0.2, 0.25) is 5.02 Å². The lowest BCUT2D eigenvalue weighted by atomic mass is 10.2. The van der Waals surface area contributed by atoms with Crippen molar-refractivity contribution in [2.45, 2.75) is 19.0 Å². The quantitative estimate of drug-likeness (QED) is 0.931. The van der Waals surface area contributed by atoms with Gasteiger partial charge in [-0.3, -0.25) is 4.79 Å². The van der Waals surface area contributed by atoms with E-state index in [2.05, 4.69) is 5.32 Å². The van der Waals surface area contributed by atoms with Gasteiger partial charge in [-0.1, -0.05) is 17.7 Å². The Bertz CT molecular complexity index is 798. The standard InChI is InChI=1S/C14H15ClN2O3S/c15-12-2-1-3-13-11(12)4-6-17(13)8-14(18)16-10-5-7-21(19,20)9-10/h1-4,6,10H,5,7-9H2,(H,16,18). The van der Waals surface area contributed by atoms with Gasteiger partial charge in [-0.25, -0.2) is 8.42 Å². The average Bonchev–Trinajstić information content (AvgIpc) is 2.95. The second-order valence-corrected chi connectivity index (χ2v) is 7.92. The molecule has 1 unspecified atom stereocenters. The van der Waals surface area contributed by atoms with E-state index in [0.717, 1.165) is 10.9 Å². The Labute approximate surface area is 127 Å². The van der Waals surface area contributed by atoms with Gasteiger partial charge in [-0.2, -0.15) is 0 Å². The van der Waals surface area contributed by atoms with Gasteiger partial charge < -0.3 is 9.88 Å². The number of fused-ring (bicyclic) bond motifs is 1. The summed E-state index contributed by atoms with van der Waals surface area (Å²) in [7, 11) is -2.98. The van der Waals surface area contributed by atoms with Crippen molar-refractivity contribution < 1.29 is 13.2 Å². The molecular formula is C14H15ClN2O3S. The first-order chi connectivity index (χ1) is 9.94. The first-order valence-electron chi connectivity index (χ1n) is 6.68. The topological polar surface area (TPSA) is 68.2 Å². The van der Waals surface area contributed by atoms with Gasteiger partial charge in [0, 0.05) is 28.2 Å². The maximum absolute atomic E-state index is 12.0. The Kier molecular flexibility index (Phi) is 3.67. The molecule has 1 amide bonds. The molecule has 0 saturated carbocycles. The second kappa shape index (κ2) is 5.35. The van der Waals surface area contributed by atoms with Crippen LogP contribution < -0.4 is 5.32 Å². The first-order valence-corrected chi connectivity index (χ1v) is 8.88. The van der Waals surface area contributed by atoms with Gasteiger partial charge in [-0.05, 0) is 24.6 Å². The molecule has 1 N–H and O–H groups in total. The fourth-order valence-corrected chi connectivity index (χ4v) is 4.57. The lowest BCUT2D eigenvalue weighted by Gasteiger charge is -2.12. The zero-order chi connectivity index (χ0) is 15.0. The number of rotatable bonds is 3. The highest BCUT2D eigenvalue weighted by Crippen LogP contribution is 2.24. The summed E-state index contributed by atoms with van der Waals surface area (Å²) in [6, 6.07) is 7.13. The Morgan fingerprint density at radius 2 is 2.19 bits per heavy atom. The molecule has 2 aromatic rings. The summed E-state index contributed by atoms with van der Waals surface area (Å²) in [5.41, 5.74) is 0.886. The molecule has 0 aliphatic carbocycles. The molecule has 0 spiro atoms. The SMILES string of the molecule is O=C(Cn1ccc2c(Cl)cccc21)NC1CCS(=O)(=O)C1. The molecular weight excluding hydrogens is 312 g/mol. The van der Waals surface area contributed by atoms with E-state index >= 15 is 0 Å². The number of aromatic nitrogens is 1. The molecule has 1 fully saturated rings. The van der Waals surface area contributed by atoms with E-state index in [1.165, 1.54) is 0 Å². The molecule has 1 atom stereocenters. The number of sulfone groups is 1. The summed E-state index contributed by atoms with van der Waals surface area (Å²) in [5, 5.41) is 4.33. The summed E-state index contributed by atoms with van der Waals surface area (Å²) in [6.07, 6.45) is 2.30. The molecule has 1 aliphatic rings. The number of carbonyl (C=O) groups excluding carboxylic acids is 1. The van der Waals surface area contributed by atoms with Gasteiger partial charge in [0.05, 0.1) is 11.5 Å². The number of carbonyl (C=O) groups is 1. The van der Waals surface area contributed by atoms with Crippen molar-refractivity contribution in [2.24, 2.45) is 0 Å². The van der Waals surface area contributed by atoms with Crippen molar-refractivity contribution in [3.05, 3.63) is 35.5 Å². The number of halogens is 1. The number of benzene rings is 1. The lowest BCUT2D eigenvalue weighted by molar-refractivity contribution is -0.122. The summed E-state index contributed by atoms with van der Waals surface area (Å²) in [5.74, 6) is 0.00589. The van der Waals surface area contributed by atoms with Gasteiger partial charge >= 0.3 is 0 Å². The monoisotopic (exact) mass is 326 g/mol. The van der Waals surface area contributed by atoms with Gasteiger partial charge in [0.2, 0.25) is 5.91 Å². The summed E-state index contributed by atoms with van der Waals surface area (Å²) in [6.45, 7) is 0.153. The molecule has 1 saturated heterocycles. The van der Waals surface area contributed by atoms with Crippen molar-refractivity contribution >= 4 is 38.2 Å².